The molecule has 142 valence electrons. The number of hydrogen-bond donors (Lipinski definition) is 2. The lowest BCUT2D eigenvalue weighted by molar-refractivity contribution is 0.296. The molecule has 0 aliphatic carbocycles. The van der Waals surface area contributed by atoms with Gasteiger partial charge in [-0.1, -0.05) is 29.7 Å². The number of rotatable bonds is 8. The minimum atomic E-state index is -2.26. The van der Waals surface area contributed by atoms with E-state index in [0.29, 0.717) is 0 Å². The molecule has 0 spiro atoms. The van der Waals surface area contributed by atoms with E-state index in [2.05, 4.69) is 0 Å². The first-order chi connectivity index (χ1) is 7.93. The van der Waals surface area contributed by atoms with Crippen LogP contribution in [0.2, 0.25) is 45.8 Å². The lowest BCUT2D eigenvalue weighted by atomic mass is 11.7. The molecule has 0 heterocycles. The molecule has 1 unspecified atom stereocenters. The molecule has 0 aliphatic rings. The zero-order valence-electron chi connectivity index (χ0n) is 12.6. The summed E-state index contributed by atoms with van der Waals surface area (Å²) in [6.07, 6.45) is 0.202. The van der Waals surface area contributed by atoms with Crippen LogP contribution in [-0.4, -0.2) is 57.2 Å². The fraction of sp³-hybridized carbons (Fsp3) is 1.00. The van der Waals surface area contributed by atoms with Crippen molar-refractivity contribution >= 4 is 34.5 Å². The van der Waals surface area contributed by atoms with Crippen LogP contribution >= 0.6 is 0 Å². The Kier molecular flexibility index (Phi) is 20.2. The molecule has 0 saturated heterocycles. The number of aliphatic hydroxyl groups excluding tert-OH is 2. The van der Waals surface area contributed by atoms with Gasteiger partial charge in [0.05, 0.1) is 12.5 Å². The Morgan fingerprint density at radius 2 is 1.09 bits per heavy atom. The van der Waals surface area contributed by atoms with E-state index in [1.54, 1.807) is 0 Å². The zero-order valence-corrected chi connectivity index (χ0v) is 16.8. The first-order valence-electron chi connectivity index (χ1n) is 6.20. The van der Waals surface area contributed by atoms with Gasteiger partial charge in [-0.2, -0.15) is 0 Å². The van der Waals surface area contributed by atoms with E-state index in [1.807, 2.05) is 45.8 Å². The quantitative estimate of drug-likeness (QED) is 0.618. The number of aliphatic hydroxyl groups is 2. The van der Waals surface area contributed by atoms with Crippen LogP contribution in [0.3, 0.4) is 0 Å². The topological polar surface area (TPSA) is 68.2 Å². The highest BCUT2D eigenvalue weighted by molar-refractivity contribution is 6.85. The zero-order chi connectivity index (χ0) is 14.6. The first-order valence-corrected chi connectivity index (χ1v) is 17.3. The third-order valence-electron chi connectivity index (χ3n) is 2.22. The minimum Gasteiger partial charge on any atom is -0.437 e. The molecule has 0 amide bonds. The fourth-order valence-corrected chi connectivity index (χ4v) is 15.6. The molecule has 0 bridgehead atoms. The molecule has 0 aliphatic heterocycles. The van der Waals surface area contributed by atoms with Gasteiger partial charge in [-0.25, -0.2) is 0 Å². The molecule has 0 aromatic rings. The molecule has 2 N–H and O–H groups in total. The monoisotopic (exact) mass is 392 g/mol. The van der Waals surface area contributed by atoms with Gasteiger partial charge in [0.1, 0.15) is 0 Å². The largest absolute Gasteiger partial charge is 0.437 e. The molecular formula is C13H44O5Si4. The highest BCUT2D eigenvalue weighted by Gasteiger charge is 2.37. The average molecular weight is 393 g/mol. The summed E-state index contributed by atoms with van der Waals surface area (Å²) in [6.45, 7) is 13.8. The van der Waals surface area contributed by atoms with Gasteiger partial charge in [-0.05, 0) is 45.8 Å². The van der Waals surface area contributed by atoms with Crippen molar-refractivity contribution in [1.29, 1.82) is 0 Å². The summed E-state index contributed by atoms with van der Waals surface area (Å²) < 4.78 is 17.9. The second-order valence-electron chi connectivity index (χ2n) is 6.14. The molecule has 5 nitrogen and oxygen atoms in total. The normalized spacial score (nSPS) is 13.0. The van der Waals surface area contributed by atoms with E-state index in [1.165, 1.54) is 0 Å². The van der Waals surface area contributed by atoms with E-state index >= 15 is 0 Å². The van der Waals surface area contributed by atoms with Gasteiger partial charge >= 0.3 is 8.56 Å². The molecule has 0 aromatic heterocycles. The maximum Gasteiger partial charge on any atom is 0.312 e. The Hall–Kier alpha value is 0.668. The summed E-state index contributed by atoms with van der Waals surface area (Å²) in [4.78, 5) is 0. The molecule has 0 aromatic carbocycles. The van der Waals surface area contributed by atoms with Crippen molar-refractivity contribution in [3.05, 3.63) is 0 Å². The Labute approximate surface area is 145 Å². The number of hydrogen-bond acceptors (Lipinski definition) is 5. The Balaban J connectivity index is -0.000000241. The molecule has 0 radical (unpaired) electrons. The Bertz CT molecular complexity index is 263. The molecular weight excluding hydrogens is 348 g/mol. The summed E-state index contributed by atoms with van der Waals surface area (Å²) in [5, 5.41) is 18.5. The van der Waals surface area contributed by atoms with E-state index in [4.69, 9.17) is 12.3 Å². The van der Waals surface area contributed by atoms with E-state index in [0.717, 1.165) is 0 Å². The van der Waals surface area contributed by atoms with Crippen LogP contribution < -0.4 is 0 Å². The molecule has 0 fully saturated rings. The predicted molar refractivity (Wildman–Crippen MR) is 110 cm³/mol. The minimum absolute atomic E-state index is 0. The molecule has 1 atom stereocenters. The van der Waals surface area contributed by atoms with Crippen molar-refractivity contribution in [2.24, 2.45) is 0 Å². The van der Waals surface area contributed by atoms with Crippen LogP contribution in [0.15, 0.2) is 0 Å². The molecule has 0 rings (SSSR count). The van der Waals surface area contributed by atoms with Crippen LogP contribution in [0.1, 0.15) is 29.7 Å². The summed E-state index contributed by atoms with van der Waals surface area (Å²) in [5.74, 6) is 0. The van der Waals surface area contributed by atoms with Crippen LogP contribution in [-0.2, 0) is 12.3 Å². The maximum absolute atomic E-state index is 9.27. The van der Waals surface area contributed by atoms with Gasteiger partial charge in [0.15, 0.2) is 0 Å². The lowest BCUT2D eigenvalue weighted by Crippen LogP contribution is -2.53. The summed E-state index contributed by atoms with van der Waals surface area (Å²) in [7, 11) is -8.06. The molecule has 22 heavy (non-hydrogen) atoms. The van der Waals surface area contributed by atoms with Crippen molar-refractivity contribution in [3.8, 4) is 0 Å². The maximum atomic E-state index is 9.27. The van der Waals surface area contributed by atoms with Crippen molar-refractivity contribution in [3.63, 3.8) is 0 Å². The Morgan fingerprint density at radius 3 is 1.41 bits per heavy atom. The SMILES string of the molecule is C.C.C.C.C[SiH](O[Si](C)(C)CO)O[Si](C)(C)O[Si](C)(C)CO. The average Bonchev–Trinajstić information content (AvgIpc) is 2.14. The first kappa shape index (κ1) is 34.1. The van der Waals surface area contributed by atoms with Crippen molar-refractivity contribution in [1.82, 2.24) is 0 Å². The predicted octanol–water partition coefficient (Wildman–Crippen LogP) is 3.61. The van der Waals surface area contributed by atoms with Crippen molar-refractivity contribution in [2.45, 2.75) is 75.5 Å². The highest BCUT2D eigenvalue weighted by Crippen LogP contribution is 2.17. The van der Waals surface area contributed by atoms with Crippen LogP contribution in [0.4, 0.5) is 0 Å². The van der Waals surface area contributed by atoms with Crippen molar-refractivity contribution in [2.75, 3.05) is 12.5 Å². The highest BCUT2D eigenvalue weighted by atomic mass is 28.5. The summed E-state index contributed by atoms with van der Waals surface area (Å²) in [5.41, 5.74) is 0. The second-order valence-corrected chi connectivity index (χ2v) is 20.4. The molecule has 0 saturated carbocycles. The Morgan fingerprint density at radius 1 is 0.727 bits per heavy atom. The summed E-state index contributed by atoms with van der Waals surface area (Å²) in [6, 6.07) is 0. The van der Waals surface area contributed by atoms with E-state index in [9.17, 15) is 10.2 Å². The van der Waals surface area contributed by atoms with Crippen LogP contribution in [0.25, 0.3) is 0 Å². The lowest BCUT2D eigenvalue weighted by Gasteiger charge is -2.35. The fourth-order valence-electron chi connectivity index (χ4n) is 1.63. The van der Waals surface area contributed by atoms with Gasteiger partial charge in [0.2, 0.25) is 16.6 Å². The standard InChI is InChI=1S/C9H28O5Si4.4CH4/c1-15(12-16(2,3)8-10)13-18(6,7)14-17(4,5)9-11;;;;/h10-11,15H,8-9H2,1-7H3;4*1H4. The van der Waals surface area contributed by atoms with Gasteiger partial charge in [0.25, 0.3) is 9.28 Å². The van der Waals surface area contributed by atoms with E-state index in [-0.39, 0.29) is 42.2 Å². The van der Waals surface area contributed by atoms with Gasteiger partial charge < -0.3 is 22.6 Å². The van der Waals surface area contributed by atoms with Gasteiger partial charge in [0, 0.05) is 0 Å². The van der Waals surface area contributed by atoms with Crippen LogP contribution in [0, 0.1) is 0 Å². The third-order valence-corrected chi connectivity index (χ3v) is 15.4. The second kappa shape index (κ2) is 13.0. The van der Waals surface area contributed by atoms with Crippen molar-refractivity contribution < 1.29 is 22.6 Å². The van der Waals surface area contributed by atoms with E-state index < -0.39 is 34.5 Å². The smallest absolute Gasteiger partial charge is 0.312 e. The molecule has 9 heteroatoms. The van der Waals surface area contributed by atoms with Gasteiger partial charge in [-0.15, -0.1) is 0 Å². The van der Waals surface area contributed by atoms with Crippen LogP contribution in [0.5, 0.6) is 0 Å². The van der Waals surface area contributed by atoms with Gasteiger partial charge in [-0.3, -0.25) is 0 Å². The third kappa shape index (κ3) is 15.6. The summed E-state index contributed by atoms with van der Waals surface area (Å²) >= 11 is 0.